The molecule has 13 nitrogen and oxygen atoms in total. The first-order valence-corrected chi connectivity index (χ1v) is 15.9. The number of nitrogens with one attached hydrogen (secondary N) is 2. The van der Waals surface area contributed by atoms with Gasteiger partial charge in [0.15, 0.2) is 0 Å². The normalized spacial score (nSPS) is 17.9. The van der Waals surface area contributed by atoms with Gasteiger partial charge in [0.2, 0.25) is 17.7 Å². The summed E-state index contributed by atoms with van der Waals surface area (Å²) in [6.07, 6.45) is 4.62. The van der Waals surface area contributed by atoms with Crippen molar-refractivity contribution in [3.8, 4) is 22.9 Å². The van der Waals surface area contributed by atoms with Gasteiger partial charge in [-0.25, -0.2) is 4.98 Å². The molecule has 0 unspecified atom stereocenters. The molecule has 3 aromatic rings. The first kappa shape index (κ1) is 35.0. The number of imidazole rings is 1. The van der Waals surface area contributed by atoms with Gasteiger partial charge >= 0.3 is 0 Å². The molecule has 5 rings (SSSR count). The van der Waals surface area contributed by atoms with E-state index in [4.69, 9.17) is 19.4 Å². The molecule has 0 saturated carbocycles. The first-order valence-electron chi connectivity index (χ1n) is 15.9. The third-order valence-corrected chi connectivity index (χ3v) is 7.74. The number of amides is 3. The van der Waals surface area contributed by atoms with Crippen LogP contribution in [0.3, 0.4) is 0 Å². The van der Waals surface area contributed by atoms with E-state index in [9.17, 15) is 14.4 Å². The minimum Gasteiger partial charge on any atom is -0.494 e. The fraction of sp³-hybridized carbons (Fsp3) is 0.441. The van der Waals surface area contributed by atoms with E-state index in [1.165, 1.54) is 0 Å². The van der Waals surface area contributed by atoms with Gasteiger partial charge in [-0.1, -0.05) is 44.2 Å². The smallest absolute Gasteiger partial charge is 0.290 e. The molecule has 0 aliphatic carbocycles. The molecule has 13 heteroatoms. The Morgan fingerprint density at radius 3 is 2.68 bits per heavy atom. The van der Waals surface area contributed by atoms with Crippen molar-refractivity contribution < 1.29 is 33.8 Å². The Morgan fingerprint density at radius 2 is 1.87 bits per heavy atom. The average molecular weight is 649 g/mol. The van der Waals surface area contributed by atoms with E-state index >= 15 is 0 Å². The number of rotatable bonds is 4. The summed E-state index contributed by atoms with van der Waals surface area (Å²) in [7, 11) is 0. The number of para-hydroxylation sites is 1. The predicted octanol–water partition coefficient (Wildman–Crippen LogP) is 2.40. The summed E-state index contributed by atoms with van der Waals surface area (Å²) >= 11 is 0. The van der Waals surface area contributed by atoms with E-state index in [0.29, 0.717) is 64.5 Å². The number of fused-ring (bicyclic) bond motifs is 5. The topological polar surface area (TPSA) is 155 Å². The van der Waals surface area contributed by atoms with Gasteiger partial charge in [-0.05, 0) is 37.0 Å². The van der Waals surface area contributed by atoms with E-state index in [-0.39, 0.29) is 43.2 Å². The molecule has 2 aliphatic rings. The van der Waals surface area contributed by atoms with Gasteiger partial charge < -0.3 is 34.7 Å². The minimum atomic E-state index is -0.708. The third kappa shape index (κ3) is 10.6. The van der Waals surface area contributed by atoms with Crippen LogP contribution in [0.2, 0.25) is 0 Å². The lowest BCUT2D eigenvalue weighted by molar-refractivity contribution is -0.138. The molecule has 3 amide bonds. The first-order chi connectivity index (χ1) is 22.8. The molecular formula is C34H44N6O7. The second kappa shape index (κ2) is 17.7. The number of carbonyl (C=O) groups excluding carboxylic acids is 3. The molecular weight excluding hydrogens is 604 g/mol. The van der Waals surface area contributed by atoms with Crippen molar-refractivity contribution in [1.82, 2.24) is 30.0 Å². The zero-order chi connectivity index (χ0) is 33.6. The van der Waals surface area contributed by atoms with Gasteiger partial charge in [0.1, 0.15) is 30.0 Å². The summed E-state index contributed by atoms with van der Waals surface area (Å²) in [6, 6.07) is 14.9. The Kier molecular flexibility index (Phi) is 13.2. The van der Waals surface area contributed by atoms with Gasteiger partial charge in [-0.3, -0.25) is 24.1 Å². The molecule has 3 N–H and O–H groups in total. The Hall–Kier alpha value is -4.91. The Balaban J connectivity index is 0.00000160. The summed E-state index contributed by atoms with van der Waals surface area (Å²) in [4.78, 5) is 56.7. The molecule has 0 spiro atoms. The van der Waals surface area contributed by atoms with E-state index in [1.54, 1.807) is 11.1 Å². The fourth-order valence-corrected chi connectivity index (χ4v) is 5.56. The number of aromatic nitrogens is 2. The predicted molar refractivity (Wildman–Crippen MR) is 175 cm³/mol. The van der Waals surface area contributed by atoms with Crippen molar-refractivity contribution in [2.45, 2.75) is 45.8 Å². The van der Waals surface area contributed by atoms with Crippen LogP contribution in [-0.2, 0) is 32.3 Å². The van der Waals surface area contributed by atoms with Crippen molar-refractivity contribution in [2.24, 2.45) is 5.92 Å². The second-order valence-corrected chi connectivity index (χ2v) is 11.8. The molecule has 3 heterocycles. The molecule has 47 heavy (non-hydrogen) atoms. The number of carboxylic acid groups (broad SMARTS) is 1. The van der Waals surface area contributed by atoms with Gasteiger partial charge in [0.05, 0.1) is 19.7 Å². The molecule has 252 valence electrons. The maximum absolute atomic E-state index is 13.7. The van der Waals surface area contributed by atoms with Crippen molar-refractivity contribution in [3.05, 3.63) is 66.5 Å². The van der Waals surface area contributed by atoms with Gasteiger partial charge in [-0.2, -0.15) is 0 Å². The van der Waals surface area contributed by atoms with Crippen molar-refractivity contribution >= 4 is 24.2 Å². The fourth-order valence-electron chi connectivity index (χ4n) is 5.56. The van der Waals surface area contributed by atoms with Gasteiger partial charge in [-0.15, -0.1) is 0 Å². The zero-order valence-corrected chi connectivity index (χ0v) is 27.0. The molecule has 0 radical (unpaired) electrons. The van der Waals surface area contributed by atoms with Gasteiger partial charge in [0, 0.05) is 56.2 Å². The van der Waals surface area contributed by atoms with Crippen LogP contribution in [0.15, 0.2) is 60.9 Å². The summed E-state index contributed by atoms with van der Waals surface area (Å²) < 4.78 is 13.9. The van der Waals surface area contributed by atoms with Crippen LogP contribution in [0.4, 0.5) is 0 Å². The van der Waals surface area contributed by atoms with Crippen LogP contribution in [0.25, 0.3) is 11.4 Å². The summed E-state index contributed by atoms with van der Waals surface area (Å²) in [5, 5.41) is 12.8. The highest BCUT2D eigenvalue weighted by Gasteiger charge is 2.26. The quantitative estimate of drug-likeness (QED) is 0.362. The SMILES string of the molecule is CC(C)C[C@H]1NC(=O)CN(C(=O)CN2CCOc3ccccc3C2)CCCOc2cccc(c2)-c2nccn2CCNC1=O.O=CO. The maximum atomic E-state index is 13.7. The van der Waals surface area contributed by atoms with Crippen LogP contribution in [-0.4, -0.2) is 101 Å². The lowest BCUT2D eigenvalue weighted by Crippen LogP contribution is -2.52. The maximum Gasteiger partial charge on any atom is 0.290 e. The van der Waals surface area contributed by atoms with Crippen LogP contribution in [0.1, 0.15) is 32.3 Å². The highest BCUT2D eigenvalue weighted by atomic mass is 16.5. The number of hydrogen-bond donors (Lipinski definition) is 3. The molecule has 1 atom stereocenters. The Labute approximate surface area is 274 Å². The summed E-state index contributed by atoms with van der Waals surface area (Å²) in [5.74, 6) is 1.71. The molecule has 0 saturated heterocycles. The number of hydrogen-bond acceptors (Lipinski definition) is 8. The largest absolute Gasteiger partial charge is 0.494 e. The number of carbonyl (C=O) groups is 4. The van der Waals surface area contributed by atoms with Crippen LogP contribution in [0.5, 0.6) is 11.5 Å². The van der Waals surface area contributed by atoms with E-state index < -0.39 is 6.04 Å². The van der Waals surface area contributed by atoms with Crippen LogP contribution >= 0.6 is 0 Å². The van der Waals surface area contributed by atoms with E-state index in [2.05, 4.69) is 15.6 Å². The number of benzene rings is 2. The lowest BCUT2D eigenvalue weighted by Gasteiger charge is -2.27. The standard InChI is InChI=1S/C33H42N6O5.CH2O2/c1-24(2)19-28-33(42)35-12-15-38-14-11-34-32(38)25-8-5-9-27(20-25)43-17-6-13-39(22-30(40)36-28)31(41)23-37-16-18-44-29-10-4-3-7-26(29)21-37;2-1-3/h3-5,7-11,14,20,24,28H,6,12-13,15-19,21-23H2,1-2H3,(H,35,42)(H,36,40);1H,(H,2,3)/t28-;/m1./s1. The lowest BCUT2D eigenvalue weighted by atomic mass is 10.0. The van der Waals surface area contributed by atoms with Crippen molar-refractivity contribution in [3.63, 3.8) is 0 Å². The number of nitrogens with zero attached hydrogens (tertiary/aromatic N) is 4. The Morgan fingerprint density at radius 1 is 1.06 bits per heavy atom. The highest BCUT2D eigenvalue weighted by Crippen LogP contribution is 2.24. The molecule has 1 aromatic heterocycles. The molecule has 2 bridgehead atoms. The third-order valence-electron chi connectivity index (χ3n) is 7.74. The number of ether oxygens (including phenoxy) is 2. The highest BCUT2D eigenvalue weighted by molar-refractivity contribution is 5.90. The average Bonchev–Trinajstić information content (AvgIpc) is 3.41. The van der Waals surface area contributed by atoms with E-state index in [1.807, 2.05) is 78.0 Å². The summed E-state index contributed by atoms with van der Waals surface area (Å²) in [5.41, 5.74) is 1.93. The van der Waals surface area contributed by atoms with Crippen LogP contribution in [0, 0.1) is 5.92 Å². The minimum absolute atomic E-state index is 0.143. The van der Waals surface area contributed by atoms with Crippen molar-refractivity contribution in [1.29, 1.82) is 0 Å². The van der Waals surface area contributed by atoms with Crippen LogP contribution < -0.4 is 20.1 Å². The van der Waals surface area contributed by atoms with Crippen molar-refractivity contribution in [2.75, 3.05) is 45.9 Å². The zero-order valence-electron chi connectivity index (χ0n) is 27.0. The summed E-state index contributed by atoms with van der Waals surface area (Å²) in [6.45, 7) is 7.01. The second-order valence-electron chi connectivity index (χ2n) is 11.8. The molecule has 2 aliphatic heterocycles. The monoisotopic (exact) mass is 648 g/mol. The molecule has 0 fully saturated rings. The molecule has 2 aromatic carbocycles. The van der Waals surface area contributed by atoms with E-state index in [0.717, 1.165) is 22.7 Å². The Bertz CT molecular complexity index is 1490. The van der Waals surface area contributed by atoms with Gasteiger partial charge in [0.25, 0.3) is 6.47 Å².